The van der Waals surface area contributed by atoms with Gasteiger partial charge in [0.2, 0.25) is 11.8 Å². The second-order valence-electron chi connectivity index (χ2n) is 8.27. The van der Waals surface area contributed by atoms with Crippen molar-refractivity contribution in [3.63, 3.8) is 0 Å². The molecule has 0 spiro atoms. The highest BCUT2D eigenvalue weighted by molar-refractivity contribution is 5.98. The predicted molar refractivity (Wildman–Crippen MR) is 122 cm³/mol. The van der Waals surface area contributed by atoms with Gasteiger partial charge < -0.3 is 34.1 Å². The van der Waals surface area contributed by atoms with Crippen molar-refractivity contribution in [3.8, 4) is 5.75 Å². The van der Waals surface area contributed by atoms with Crippen molar-refractivity contribution in [1.82, 2.24) is 9.80 Å². The molecular weight excluding hydrogens is 430 g/mol. The van der Waals surface area contributed by atoms with E-state index < -0.39 is 0 Å². The van der Waals surface area contributed by atoms with Gasteiger partial charge in [0, 0.05) is 59.1 Å². The molecule has 10 nitrogen and oxygen atoms in total. The largest absolute Gasteiger partial charge is 0.491 e. The van der Waals surface area contributed by atoms with Crippen LogP contribution >= 0.6 is 0 Å². The Morgan fingerprint density at radius 3 is 2.45 bits per heavy atom. The highest BCUT2D eigenvalue weighted by Crippen LogP contribution is 2.27. The van der Waals surface area contributed by atoms with E-state index in [0.29, 0.717) is 30.1 Å². The molecule has 0 unspecified atom stereocenters. The minimum Gasteiger partial charge on any atom is -0.491 e. The van der Waals surface area contributed by atoms with Gasteiger partial charge in [0.1, 0.15) is 25.6 Å². The summed E-state index contributed by atoms with van der Waals surface area (Å²) in [6.45, 7) is 4.65. The third-order valence-electron chi connectivity index (χ3n) is 5.59. The van der Waals surface area contributed by atoms with Crippen LogP contribution in [0.5, 0.6) is 5.75 Å². The molecule has 1 aliphatic rings. The first-order valence-corrected chi connectivity index (χ1v) is 10.8. The molecule has 3 amide bonds. The quantitative estimate of drug-likeness (QED) is 0.674. The van der Waals surface area contributed by atoms with Crippen molar-refractivity contribution >= 4 is 23.4 Å². The van der Waals surface area contributed by atoms with Gasteiger partial charge in [0.25, 0.3) is 5.91 Å². The van der Waals surface area contributed by atoms with Crippen LogP contribution in [0.3, 0.4) is 0 Å². The number of carbonyl (C=O) groups excluding carboxylic acids is 3. The SMILES string of the molecule is COCC(=O)Nc1ccc2c(c1)OC[C@@H](C)N(C(=O)COC)C[C@@H](C)[C@H](OC)CN(C)C2=O. The number of hydrogen-bond acceptors (Lipinski definition) is 7. The molecule has 1 heterocycles. The fraction of sp³-hybridized carbons (Fsp3) is 0.609. The lowest BCUT2D eigenvalue weighted by Gasteiger charge is -2.36. The summed E-state index contributed by atoms with van der Waals surface area (Å²) < 4.78 is 21.6. The molecule has 0 fully saturated rings. The van der Waals surface area contributed by atoms with Gasteiger partial charge in [-0.05, 0) is 19.1 Å². The number of hydrogen-bond donors (Lipinski definition) is 1. The van der Waals surface area contributed by atoms with Crippen LogP contribution in [-0.2, 0) is 23.8 Å². The van der Waals surface area contributed by atoms with E-state index in [1.807, 2.05) is 13.8 Å². The molecule has 0 radical (unpaired) electrons. The summed E-state index contributed by atoms with van der Waals surface area (Å²) in [6, 6.07) is 4.57. The minimum absolute atomic E-state index is 0.0363. The number of carbonyl (C=O) groups is 3. The summed E-state index contributed by atoms with van der Waals surface area (Å²) >= 11 is 0. The molecule has 184 valence electrons. The van der Waals surface area contributed by atoms with Crippen LogP contribution in [0.4, 0.5) is 5.69 Å². The summed E-state index contributed by atoms with van der Waals surface area (Å²) in [5.74, 6) is -0.427. The molecule has 0 saturated carbocycles. The molecule has 0 aliphatic carbocycles. The summed E-state index contributed by atoms with van der Waals surface area (Å²) in [5, 5.41) is 2.71. The maximum Gasteiger partial charge on any atom is 0.257 e. The summed E-state index contributed by atoms with van der Waals surface area (Å²) in [7, 11) is 6.21. The molecular formula is C23H35N3O7. The average Bonchev–Trinajstić information content (AvgIpc) is 2.78. The molecule has 33 heavy (non-hydrogen) atoms. The molecule has 1 N–H and O–H groups in total. The number of ether oxygens (including phenoxy) is 4. The van der Waals surface area contributed by atoms with E-state index in [4.69, 9.17) is 18.9 Å². The predicted octanol–water partition coefficient (Wildman–Crippen LogP) is 1.25. The minimum atomic E-state index is -0.323. The van der Waals surface area contributed by atoms with E-state index in [9.17, 15) is 14.4 Å². The highest BCUT2D eigenvalue weighted by atomic mass is 16.5. The lowest BCUT2D eigenvalue weighted by atomic mass is 10.0. The summed E-state index contributed by atoms with van der Waals surface area (Å²) in [4.78, 5) is 41.1. The first kappa shape index (κ1) is 26.6. The molecule has 0 aromatic heterocycles. The Labute approximate surface area is 195 Å². The number of nitrogens with one attached hydrogen (secondary N) is 1. The van der Waals surface area contributed by atoms with Crippen molar-refractivity contribution < 1.29 is 33.3 Å². The molecule has 0 bridgehead atoms. The van der Waals surface area contributed by atoms with E-state index in [0.717, 1.165) is 0 Å². The standard InChI is InChI=1S/C23H35N3O7/c1-15-10-26(22(28)14-31-5)16(2)12-33-19-9-17(24-21(27)13-30-4)7-8-18(19)23(29)25(3)11-20(15)32-6/h7-9,15-16,20H,10-14H2,1-6H3,(H,24,27)/t15-,16-,20-/m1/s1. The van der Waals surface area contributed by atoms with Crippen molar-refractivity contribution in [2.75, 3.05) is 66.6 Å². The topological polar surface area (TPSA) is 107 Å². The normalized spacial score (nSPS) is 22.0. The Morgan fingerprint density at radius 2 is 1.82 bits per heavy atom. The number of likely N-dealkylation sites (N-methyl/N-ethyl adjacent to an activating group) is 1. The molecule has 1 aliphatic heterocycles. The number of fused-ring (bicyclic) bond motifs is 1. The van der Waals surface area contributed by atoms with Gasteiger partial charge in [-0.1, -0.05) is 6.92 Å². The molecule has 1 aromatic carbocycles. The average molecular weight is 466 g/mol. The van der Waals surface area contributed by atoms with Gasteiger partial charge in [-0.15, -0.1) is 0 Å². The Morgan fingerprint density at radius 1 is 1.12 bits per heavy atom. The third kappa shape index (κ3) is 7.15. The van der Waals surface area contributed by atoms with Gasteiger partial charge in [0.05, 0.1) is 17.7 Å². The molecule has 0 saturated heterocycles. The zero-order valence-corrected chi connectivity index (χ0v) is 20.3. The van der Waals surface area contributed by atoms with Crippen LogP contribution in [0, 0.1) is 5.92 Å². The van der Waals surface area contributed by atoms with E-state index in [2.05, 4.69) is 5.32 Å². The van der Waals surface area contributed by atoms with Gasteiger partial charge in [0.15, 0.2) is 0 Å². The van der Waals surface area contributed by atoms with Gasteiger partial charge in [-0.25, -0.2) is 0 Å². The summed E-state index contributed by atoms with van der Waals surface area (Å²) in [5.41, 5.74) is 0.828. The third-order valence-corrected chi connectivity index (χ3v) is 5.59. The van der Waals surface area contributed by atoms with Crippen LogP contribution in [0.25, 0.3) is 0 Å². The number of anilines is 1. The van der Waals surface area contributed by atoms with E-state index in [1.165, 1.54) is 14.2 Å². The first-order valence-electron chi connectivity index (χ1n) is 10.8. The Balaban J connectivity index is 2.42. The zero-order valence-electron chi connectivity index (χ0n) is 20.3. The molecule has 2 rings (SSSR count). The van der Waals surface area contributed by atoms with Crippen molar-refractivity contribution in [1.29, 1.82) is 0 Å². The summed E-state index contributed by atoms with van der Waals surface area (Å²) in [6.07, 6.45) is -0.277. The number of methoxy groups -OCH3 is 3. The Kier molecular flexibility index (Phi) is 10.1. The van der Waals surface area contributed by atoms with Crippen LogP contribution in [0.2, 0.25) is 0 Å². The van der Waals surface area contributed by atoms with Crippen LogP contribution in [0.15, 0.2) is 18.2 Å². The number of nitrogens with zero attached hydrogens (tertiary/aromatic N) is 2. The lowest BCUT2D eigenvalue weighted by Crippen LogP contribution is -2.49. The van der Waals surface area contributed by atoms with E-state index >= 15 is 0 Å². The van der Waals surface area contributed by atoms with Gasteiger partial charge >= 0.3 is 0 Å². The molecule has 10 heteroatoms. The first-order chi connectivity index (χ1) is 15.7. The smallest absolute Gasteiger partial charge is 0.257 e. The number of amides is 3. The van der Waals surface area contributed by atoms with Crippen molar-refractivity contribution in [3.05, 3.63) is 23.8 Å². The van der Waals surface area contributed by atoms with Crippen LogP contribution < -0.4 is 10.1 Å². The zero-order chi connectivity index (χ0) is 24.5. The fourth-order valence-corrected chi connectivity index (χ4v) is 3.73. The molecule has 1 aromatic rings. The van der Waals surface area contributed by atoms with E-state index in [1.54, 1.807) is 42.2 Å². The highest BCUT2D eigenvalue weighted by Gasteiger charge is 2.30. The van der Waals surface area contributed by atoms with E-state index in [-0.39, 0.29) is 55.6 Å². The Hall–Kier alpha value is -2.69. The monoisotopic (exact) mass is 465 g/mol. The van der Waals surface area contributed by atoms with Gasteiger partial charge in [-0.3, -0.25) is 14.4 Å². The van der Waals surface area contributed by atoms with Crippen molar-refractivity contribution in [2.24, 2.45) is 5.92 Å². The van der Waals surface area contributed by atoms with Crippen LogP contribution in [0.1, 0.15) is 24.2 Å². The van der Waals surface area contributed by atoms with Gasteiger partial charge in [-0.2, -0.15) is 0 Å². The van der Waals surface area contributed by atoms with Crippen LogP contribution in [-0.4, -0.2) is 101 Å². The second kappa shape index (κ2) is 12.5. The number of benzene rings is 1. The van der Waals surface area contributed by atoms with Crippen molar-refractivity contribution in [2.45, 2.75) is 26.0 Å². The maximum absolute atomic E-state index is 13.2. The number of rotatable bonds is 6. The maximum atomic E-state index is 13.2. The molecule has 3 atom stereocenters. The Bertz CT molecular complexity index is 832. The fourth-order valence-electron chi connectivity index (χ4n) is 3.73. The lowest BCUT2D eigenvalue weighted by molar-refractivity contribution is -0.139. The second-order valence-corrected chi connectivity index (χ2v) is 8.27.